The minimum Gasteiger partial charge on any atom is -0.491 e. The van der Waals surface area contributed by atoms with E-state index in [0.29, 0.717) is 16.9 Å². The molecule has 26 heavy (non-hydrogen) atoms. The van der Waals surface area contributed by atoms with Crippen molar-refractivity contribution in [3.63, 3.8) is 0 Å². The van der Waals surface area contributed by atoms with Crippen LogP contribution in [0.15, 0.2) is 54.6 Å². The van der Waals surface area contributed by atoms with E-state index in [1.54, 1.807) is 24.3 Å². The Labute approximate surface area is 155 Å². The first-order chi connectivity index (χ1) is 12.6. The molecule has 138 valence electrons. The predicted octanol–water partition coefficient (Wildman–Crippen LogP) is 1.97. The zero-order valence-electron chi connectivity index (χ0n) is 15.4. The summed E-state index contributed by atoms with van der Waals surface area (Å²) < 4.78 is 5.70. The third kappa shape index (κ3) is 5.16. The topological polar surface area (TPSA) is 51.0 Å². The van der Waals surface area contributed by atoms with Gasteiger partial charge in [0, 0.05) is 11.1 Å². The lowest BCUT2D eigenvalue weighted by molar-refractivity contribution is -0.909. The maximum absolute atomic E-state index is 12.4. The Morgan fingerprint density at radius 1 is 1.08 bits per heavy atom. The summed E-state index contributed by atoms with van der Waals surface area (Å²) in [5.41, 5.74) is 1.31. The highest BCUT2D eigenvalue weighted by Gasteiger charge is 2.21. The molecule has 0 radical (unpaired) electrons. The van der Waals surface area contributed by atoms with Crippen LogP contribution >= 0.6 is 0 Å². The van der Waals surface area contributed by atoms with Crippen LogP contribution in [0.3, 0.4) is 0 Å². The Bertz CT molecular complexity index is 691. The second-order valence-corrected chi connectivity index (χ2v) is 7.32. The zero-order valence-corrected chi connectivity index (χ0v) is 15.4. The second-order valence-electron chi connectivity index (χ2n) is 7.32. The van der Waals surface area contributed by atoms with Crippen LogP contribution in [0.2, 0.25) is 0 Å². The number of piperidine rings is 1. The molecule has 0 unspecified atom stereocenters. The normalized spacial score (nSPS) is 21.2. The number of rotatable bonds is 7. The van der Waals surface area contributed by atoms with Gasteiger partial charge in [-0.25, -0.2) is 0 Å². The number of quaternary nitrogens is 1. The number of aliphatic hydroxyl groups is 1. The minimum atomic E-state index is -0.468. The molecular formula is C22H28NO3+. The van der Waals surface area contributed by atoms with Gasteiger partial charge in [-0.15, -0.1) is 0 Å². The van der Waals surface area contributed by atoms with Crippen molar-refractivity contribution in [2.24, 2.45) is 5.92 Å². The minimum absolute atomic E-state index is 0.000103. The number of carbonyl (C=O) groups excluding carboxylic acids is 1. The summed E-state index contributed by atoms with van der Waals surface area (Å²) in [5, 5.41) is 10.2. The molecule has 2 aromatic carbocycles. The average Bonchev–Trinajstić information content (AvgIpc) is 2.69. The van der Waals surface area contributed by atoms with Crippen LogP contribution in [0, 0.1) is 5.92 Å². The van der Waals surface area contributed by atoms with E-state index in [-0.39, 0.29) is 12.4 Å². The molecule has 2 N–H and O–H groups in total. The lowest BCUT2D eigenvalue weighted by Gasteiger charge is -2.28. The lowest BCUT2D eigenvalue weighted by Crippen LogP contribution is -3.14. The number of ketones is 1. The van der Waals surface area contributed by atoms with Crippen molar-refractivity contribution >= 4 is 5.78 Å². The molecule has 0 bridgehead atoms. The van der Waals surface area contributed by atoms with Crippen molar-refractivity contribution in [2.45, 2.75) is 25.9 Å². The zero-order chi connectivity index (χ0) is 18.4. The van der Waals surface area contributed by atoms with Crippen molar-refractivity contribution in [2.75, 3.05) is 26.2 Å². The summed E-state index contributed by atoms with van der Waals surface area (Å²) in [5.74, 6) is 1.49. The third-order valence-electron chi connectivity index (χ3n) is 5.10. The van der Waals surface area contributed by atoms with Crippen LogP contribution in [0.4, 0.5) is 0 Å². The fraction of sp³-hybridized carbons (Fsp3) is 0.409. The van der Waals surface area contributed by atoms with Crippen LogP contribution < -0.4 is 9.64 Å². The molecule has 0 spiro atoms. The fourth-order valence-corrected chi connectivity index (χ4v) is 3.42. The molecule has 0 aliphatic carbocycles. The van der Waals surface area contributed by atoms with E-state index in [1.165, 1.54) is 17.7 Å². The molecule has 1 fully saturated rings. The Morgan fingerprint density at radius 2 is 1.69 bits per heavy atom. The van der Waals surface area contributed by atoms with Crippen LogP contribution in [0.1, 0.15) is 35.7 Å². The Morgan fingerprint density at radius 3 is 2.35 bits per heavy atom. The third-order valence-corrected chi connectivity index (χ3v) is 5.10. The van der Waals surface area contributed by atoms with Crippen molar-refractivity contribution in [3.8, 4) is 5.75 Å². The molecule has 0 saturated carbocycles. The summed E-state index contributed by atoms with van der Waals surface area (Å²) in [6.45, 7) is 5.58. The maximum Gasteiger partial charge on any atom is 0.193 e. The van der Waals surface area contributed by atoms with E-state index in [0.717, 1.165) is 25.6 Å². The van der Waals surface area contributed by atoms with E-state index < -0.39 is 6.10 Å². The highest BCUT2D eigenvalue weighted by Crippen LogP contribution is 2.15. The molecule has 3 rings (SSSR count). The summed E-state index contributed by atoms with van der Waals surface area (Å²) in [4.78, 5) is 13.8. The quantitative estimate of drug-likeness (QED) is 0.748. The average molecular weight is 354 g/mol. The summed E-state index contributed by atoms with van der Waals surface area (Å²) >= 11 is 0. The summed E-state index contributed by atoms with van der Waals surface area (Å²) in [7, 11) is 0. The maximum atomic E-state index is 12.4. The molecule has 0 amide bonds. The van der Waals surface area contributed by atoms with Crippen molar-refractivity contribution in [3.05, 3.63) is 65.7 Å². The van der Waals surface area contributed by atoms with Gasteiger partial charge >= 0.3 is 0 Å². The summed E-state index contributed by atoms with van der Waals surface area (Å²) in [6, 6.07) is 16.4. The van der Waals surface area contributed by atoms with E-state index >= 15 is 0 Å². The largest absolute Gasteiger partial charge is 0.491 e. The lowest BCUT2D eigenvalue weighted by atomic mass is 9.99. The van der Waals surface area contributed by atoms with Gasteiger partial charge in [-0.3, -0.25) is 4.79 Å². The van der Waals surface area contributed by atoms with Crippen LogP contribution in [0.25, 0.3) is 0 Å². The molecule has 1 aliphatic heterocycles. The van der Waals surface area contributed by atoms with Gasteiger partial charge in [-0.05, 0) is 43.0 Å². The standard InChI is InChI=1S/C22H27NO3/c1-17-11-13-23(14-12-17)15-20(24)16-26-21-9-7-19(8-10-21)22(25)18-5-3-2-4-6-18/h2-10,17,20,24H,11-16H2,1H3/p+1/t20-/m0/s1. The van der Waals surface area contributed by atoms with Crippen LogP contribution in [-0.4, -0.2) is 43.2 Å². The first kappa shape index (κ1) is 18.6. The van der Waals surface area contributed by atoms with Crippen molar-refractivity contribution in [1.29, 1.82) is 0 Å². The van der Waals surface area contributed by atoms with E-state index in [2.05, 4.69) is 6.92 Å². The smallest absolute Gasteiger partial charge is 0.193 e. The number of ether oxygens (including phenoxy) is 1. The van der Waals surface area contributed by atoms with Gasteiger partial charge in [0.15, 0.2) is 5.78 Å². The second kappa shape index (κ2) is 8.97. The SMILES string of the molecule is CC1CC[NH+](C[C@H](O)COc2ccc(C(=O)c3ccccc3)cc2)CC1. The number of aliphatic hydroxyl groups excluding tert-OH is 1. The monoisotopic (exact) mass is 354 g/mol. The number of hydrogen-bond acceptors (Lipinski definition) is 3. The number of hydrogen-bond donors (Lipinski definition) is 2. The predicted molar refractivity (Wildman–Crippen MR) is 102 cm³/mol. The highest BCUT2D eigenvalue weighted by atomic mass is 16.5. The van der Waals surface area contributed by atoms with Gasteiger partial charge < -0.3 is 14.7 Å². The van der Waals surface area contributed by atoms with E-state index in [9.17, 15) is 9.90 Å². The van der Waals surface area contributed by atoms with Gasteiger partial charge in [0.05, 0.1) is 13.1 Å². The molecule has 0 aromatic heterocycles. The Balaban J connectivity index is 1.47. The molecule has 1 atom stereocenters. The highest BCUT2D eigenvalue weighted by molar-refractivity contribution is 6.08. The molecule has 1 saturated heterocycles. The molecule has 4 nitrogen and oxygen atoms in total. The van der Waals surface area contributed by atoms with Gasteiger partial charge in [0.25, 0.3) is 0 Å². The van der Waals surface area contributed by atoms with Gasteiger partial charge in [-0.2, -0.15) is 0 Å². The Hall–Kier alpha value is -2.17. The number of benzene rings is 2. The van der Waals surface area contributed by atoms with Gasteiger partial charge in [-0.1, -0.05) is 37.3 Å². The summed E-state index contributed by atoms with van der Waals surface area (Å²) in [6.07, 6.45) is 2.00. The van der Waals surface area contributed by atoms with Crippen molar-refractivity contribution in [1.82, 2.24) is 0 Å². The molecular weight excluding hydrogens is 326 g/mol. The first-order valence-electron chi connectivity index (χ1n) is 9.46. The molecule has 4 heteroatoms. The number of nitrogens with one attached hydrogen (secondary N) is 1. The fourth-order valence-electron chi connectivity index (χ4n) is 3.42. The van der Waals surface area contributed by atoms with Gasteiger partial charge in [0.1, 0.15) is 25.0 Å². The van der Waals surface area contributed by atoms with Crippen LogP contribution in [-0.2, 0) is 0 Å². The molecule has 2 aromatic rings. The molecule has 1 aliphatic rings. The molecule has 1 heterocycles. The number of likely N-dealkylation sites (tertiary alicyclic amines) is 1. The van der Waals surface area contributed by atoms with Gasteiger partial charge in [0.2, 0.25) is 0 Å². The number of carbonyl (C=O) groups is 1. The van der Waals surface area contributed by atoms with E-state index in [1.807, 2.05) is 30.3 Å². The van der Waals surface area contributed by atoms with Crippen LogP contribution in [0.5, 0.6) is 5.75 Å². The Kier molecular flexibility index (Phi) is 6.42. The van der Waals surface area contributed by atoms with Crippen molar-refractivity contribution < 1.29 is 19.5 Å². The van der Waals surface area contributed by atoms with E-state index in [4.69, 9.17) is 4.74 Å². The first-order valence-corrected chi connectivity index (χ1v) is 9.46.